The molecule has 2 heterocycles. The second kappa shape index (κ2) is 6.07. The molecule has 0 amide bonds. The summed E-state index contributed by atoms with van der Waals surface area (Å²) in [5.41, 5.74) is 1.09. The summed E-state index contributed by atoms with van der Waals surface area (Å²) >= 11 is 0. The van der Waals surface area contributed by atoms with Gasteiger partial charge in [0.2, 0.25) is 0 Å². The van der Waals surface area contributed by atoms with Crippen molar-refractivity contribution in [2.24, 2.45) is 5.92 Å². The van der Waals surface area contributed by atoms with Crippen molar-refractivity contribution in [1.29, 1.82) is 0 Å². The Bertz CT molecular complexity index is 353. The van der Waals surface area contributed by atoms with Crippen LogP contribution in [0, 0.1) is 12.8 Å². The molecule has 17 heavy (non-hydrogen) atoms. The highest BCUT2D eigenvalue weighted by Crippen LogP contribution is 2.14. The summed E-state index contributed by atoms with van der Waals surface area (Å²) in [4.78, 5) is 11.0. The first-order valence-corrected chi connectivity index (χ1v) is 6.49. The fourth-order valence-electron chi connectivity index (χ4n) is 2.37. The molecule has 1 saturated heterocycles. The third-order valence-corrected chi connectivity index (χ3v) is 3.39. The maximum atomic E-state index is 4.38. The second-order valence-corrected chi connectivity index (χ2v) is 4.77. The normalized spacial score (nSPS) is 20.9. The van der Waals surface area contributed by atoms with E-state index in [4.69, 9.17) is 0 Å². The Morgan fingerprint density at radius 1 is 1.53 bits per heavy atom. The van der Waals surface area contributed by atoms with Gasteiger partial charge in [0.25, 0.3) is 0 Å². The van der Waals surface area contributed by atoms with Gasteiger partial charge in [-0.1, -0.05) is 6.92 Å². The first-order chi connectivity index (χ1) is 8.28. The number of likely N-dealkylation sites (tertiary alicyclic amines) is 1. The zero-order valence-corrected chi connectivity index (χ0v) is 10.8. The number of nitrogens with zero attached hydrogens (tertiary/aromatic N) is 3. The third-order valence-electron chi connectivity index (χ3n) is 3.39. The van der Waals surface area contributed by atoms with Crippen LogP contribution < -0.4 is 5.32 Å². The first-order valence-electron chi connectivity index (χ1n) is 6.49. The Labute approximate surface area is 103 Å². The van der Waals surface area contributed by atoms with Gasteiger partial charge in [0.1, 0.15) is 5.82 Å². The Balaban J connectivity index is 1.70. The number of nitrogens with one attached hydrogen (secondary N) is 1. The minimum absolute atomic E-state index is 0.804. The van der Waals surface area contributed by atoms with E-state index >= 15 is 0 Å². The van der Waals surface area contributed by atoms with Crippen LogP contribution in [0.4, 0.5) is 0 Å². The van der Waals surface area contributed by atoms with E-state index in [1.54, 1.807) is 0 Å². The molecule has 1 aliphatic rings. The lowest BCUT2D eigenvalue weighted by Gasteiger charge is -2.13. The van der Waals surface area contributed by atoms with Crippen molar-refractivity contribution in [1.82, 2.24) is 20.2 Å². The monoisotopic (exact) mass is 234 g/mol. The second-order valence-electron chi connectivity index (χ2n) is 4.77. The maximum Gasteiger partial charge on any atom is 0.125 e. The predicted molar refractivity (Wildman–Crippen MR) is 68.7 cm³/mol. The highest BCUT2D eigenvalue weighted by molar-refractivity contribution is 5.01. The molecule has 0 spiro atoms. The Kier molecular flexibility index (Phi) is 4.45. The van der Waals surface area contributed by atoms with Crippen molar-refractivity contribution in [3.05, 3.63) is 23.8 Å². The summed E-state index contributed by atoms with van der Waals surface area (Å²) in [6.45, 7) is 9.80. The lowest BCUT2D eigenvalue weighted by Crippen LogP contribution is -2.26. The summed E-state index contributed by atoms with van der Waals surface area (Å²) in [6.07, 6.45) is 3.15. The predicted octanol–water partition coefficient (Wildman–Crippen LogP) is 1.22. The van der Waals surface area contributed by atoms with Crippen molar-refractivity contribution in [2.45, 2.75) is 26.8 Å². The molecular formula is C13H22N4. The molecule has 94 valence electrons. The van der Waals surface area contributed by atoms with E-state index in [0.717, 1.165) is 30.5 Å². The summed E-state index contributed by atoms with van der Waals surface area (Å²) < 4.78 is 0. The average Bonchev–Trinajstić information content (AvgIpc) is 2.77. The molecule has 1 fully saturated rings. The number of hydrogen-bond donors (Lipinski definition) is 1. The molecule has 4 heteroatoms. The summed E-state index contributed by atoms with van der Waals surface area (Å²) in [5, 5.41) is 3.50. The summed E-state index contributed by atoms with van der Waals surface area (Å²) in [5.74, 6) is 1.65. The smallest absolute Gasteiger partial charge is 0.125 e. The molecule has 0 radical (unpaired) electrons. The van der Waals surface area contributed by atoms with E-state index in [1.807, 2.05) is 19.2 Å². The maximum absolute atomic E-state index is 4.38. The number of aromatic nitrogens is 2. The van der Waals surface area contributed by atoms with Crippen LogP contribution in [0.25, 0.3) is 0 Å². The van der Waals surface area contributed by atoms with E-state index in [-0.39, 0.29) is 0 Å². The summed E-state index contributed by atoms with van der Waals surface area (Å²) in [7, 11) is 0. The van der Waals surface area contributed by atoms with Gasteiger partial charge in [-0.2, -0.15) is 0 Å². The van der Waals surface area contributed by atoms with Gasteiger partial charge in [-0.15, -0.1) is 0 Å². The van der Waals surface area contributed by atoms with Gasteiger partial charge in [-0.05, 0) is 45.0 Å². The van der Waals surface area contributed by atoms with Gasteiger partial charge in [0.15, 0.2) is 0 Å². The molecule has 1 aliphatic heterocycles. The number of aryl methyl sites for hydroxylation is 1. The van der Waals surface area contributed by atoms with Crippen LogP contribution in [0.2, 0.25) is 0 Å². The zero-order chi connectivity index (χ0) is 12.1. The lowest BCUT2D eigenvalue weighted by molar-refractivity contribution is 0.338. The van der Waals surface area contributed by atoms with E-state index in [2.05, 4.69) is 27.1 Å². The van der Waals surface area contributed by atoms with Gasteiger partial charge in [0.05, 0.1) is 5.69 Å². The van der Waals surface area contributed by atoms with Crippen LogP contribution in [-0.4, -0.2) is 41.0 Å². The van der Waals surface area contributed by atoms with Gasteiger partial charge < -0.3 is 10.2 Å². The Morgan fingerprint density at radius 2 is 2.41 bits per heavy atom. The third kappa shape index (κ3) is 3.75. The van der Waals surface area contributed by atoms with E-state index in [1.165, 1.54) is 26.1 Å². The van der Waals surface area contributed by atoms with E-state index in [9.17, 15) is 0 Å². The van der Waals surface area contributed by atoms with Crippen molar-refractivity contribution in [2.75, 3.05) is 26.2 Å². The molecule has 2 rings (SSSR count). The van der Waals surface area contributed by atoms with Crippen LogP contribution in [0.15, 0.2) is 12.3 Å². The molecule has 1 aromatic heterocycles. The highest BCUT2D eigenvalue weighted by atomic mass is 15.1. The SMILES string of the molecule is CCN1CCC(CNCc2ccnc(C)n2)C1. The molecule has 0 bridgehead atoms. The van der Waals surface area contributed by atoms with Crippen LogP contribution in [0.5, 0.6) is 0 Å². The standard InChI is InChI=1S/C13H22N4/c1-3-17-7-5-12(10-17)8-14-9-13-4-6-15-11(2)16-13/h4,6,12,14H,3,5,7-10H2,1-2H3. The number of rotatable bonds is 5. The quantitative estimate of drug-likeness (QED) is 0.831. The fourth-order valence-corrected chi connectivity index (χ4v) is 2.37. The minimum atomic E-state index is 0.804. The minimum Gasteiger partial charge on any atom is -0.311 e. The Morgan fingerprint density at radius 3 is 3.12 bits per heavy atom. The topological polar surface area (TPSA) is 41.0 Å². The van der Waals surface area contributed by atoms with E-state index < -0.39 is 0 Å². The van der Waals surface area contributed by atoms with Crippen LogP contribution >= 0.6 is 0 Å². The molecule has 0 aliphatic carbocycles. The van der Waals surface area contributed by atoms with Gasteiger partial charge in [-0.25, -0.2) is 9.97 Å². The largest absolute Gasteiger partial charge is 0.311 e. The first kappa shape index (κ1) is 12.5. The molecular weight excluding hydrogens is 212 g/mol. The zero-order valence-electron chi connectivity index (χ0n) is 10.8. The molecule has 1 aromatic rings. The van der Waals surface area contributed by atoms with Crippen LogP contribution in [0.1, 0.15) is 24.9 Å². The van der Waals surface area contributed by atoms with Crippen molar-refractivity contribution < 1.29 is 0 Å². The molecule has 1 atom stereocenters. The van der Waals surface area contributed by atoms with Crippen molar-refractivity contribution in [3.8, 4) is 0 Å². The molecule has 4 nitrogen and oxygen atoms in total. The number of hydrogen-bond acceptors (Lipinski definition) is 4. The lowest BCUT2D eigenvalue weighted by atomic mass is 10.1. The molecule has 0 aromatic carbocycles. The molecule has 0 saturated carbocycles. The van der Waals surface area contributed by atoms with Crippen LogP contribution in [-0.2, 0) is 6.54 Å². The van der Waals surface area contributed by atoms with E-state index in [0.29, 0.717) is 0 Å². The average molecular weight is 234 g/mol. The van der Waals surface area contributed by atoms with Gasteiger partial charge in [0, 0.05) is 19.3 Å². The highest BCUT2D eigenvalue weighted by Gasteiger charge is 2.20. The van der Waals surface area contributed by atoms with Crippen molar-refractivity contribution in [3.63, 3.8) is 0 Å². The van der Waals surface area contributed by atoms with Gasteiger partial charge in [-0.3, -0.25) is 0 Å². The van der Waals surface area contributed by atoms with Crippen molar-refractivity contribution >= 4 is 0 Å². The fraction of sp³-hybridized carbons (Fsp3) is 0.692. The Hall–Kier alpha value is -1.00. The van der Waals surface area contributed by atoms with Gasteiger partial charge >= 0.3 is 0 Å². The molecule has 1 unspecified atom stereocenters. The molecule has 1 N–H and O–H groups in total. The summed E-state index contributed by atoms with van der Waals surface area (Å²) in [6, 6.07) is 1.98. The van der Waals surface area contributed by atoms with Crippen LogP contribution in [0.3, 0.4) is 0 Å².